The number of aromatic nitrogens is 2. The Morgan fingerprint density at radius 1 is 1.19 bits per heavy atom. The van der Waals surface area contributed by atoms with Crippen LogP contribution in [0.3, 0.4) is 0 Å². The van der Waals surface area contributed by atoms with Crippen LogP contribution in [0.1, 0.15) is 15.4 Å². The quantitative estimate of drug-likeness (QED) is 0.750. The molecule has 0 aliphatic heterocycles. The van der Waals surface area contributed by atoms with Gasteiger partial charge in [0.1, 0.15) is 0 Å². The molecule has 0 aliphatic rings. The molecule has 0 bridgehead atoms. The average molecular weight is 299 g/mol. The van der Waals surface area contributed by atoms with Crippen LogP contribution in [-0.2, 0) is 11.3 Å². The molecule has 0 saturated heterocycles. The van der Waals surface area contributed by atoms with Crippen LogP contribution in [-0.4, -0.2) is 23.0 Å². The molecule has 0 spiro atoms. The average Bonchev–Trinajstić information content (AvgIpc) is 3.04. The van der Waals surface area contributed by atoms with Gasteiger partial charge in [0.15, 0.2) is 11.5 Å². The Bertz CT molecular complexity index is 772. The van der Waals surface area contributed by atoms with Crippen molar-refractivity contribution >= 4 is 34.2 Å². The van der Waals surface area contributed by atoms with Crippen LogP contribution in [0.2, 0.25) is 0 Å². The number of esters is 1. The number of nitrogens with zero attached hydrogens (tertiary/aromatic N) is 2. The highest BCUT2D eigenvalue weighted by Gasteiger charge is 2.16. The van der Waals surface area contributed by atoms with E-state index in [9.17, 15) is 4.79 Å². The number of hydrogen-bond acceptors (Lipinski definition) is 6. The van der Waals surface area contributed by atoms with Crippen molar-refractivity contribution in [3.8, 4) is 0 Å². The van der Waals surface area contributed by atoms with Crippen molar-refractivity contribution in [1.29, 1.82) is 0 Å². The summed E-state index contributed by atoms with van der Waals surface area (Å²) in [5.41, 5.74) is 1.60. The molecule has 106 valence electrons. The smallest absolute Gasteiger partial charge is 0.360 e. The van der Waals surface area contributed by atoms with Gasteiger partial charge in [-0.15, -0.1) is 11.3 Å². The number of rotatable bonds is 4. The highest BCUT2D eigenvalue weighted by molar-refractivity contribution is 7.09. The van der Waals surface area contributed by atoms with Crippen LogP contribution in [0.25, 0.3) is 11.0 Å². The van der Waals surface area contributed by atoms with Crippen molar-refractivity contribution in [2.45, 2.75) is 6.54 Å². The predicted molar refractivity (Wildman–Crippen MR) is 82.5 cm³/mol. The van der Waals surface area contributed by atoms with Crippen molar-refractivity contribution in [1.82, 2.24) is 9.97 Å². The summed E-state index contributed by atoms with van der Waals surface area (Å²) in [4.78, 5) is 21.9. The zero-order valence-electron chi connectivity index (χ0n) is 11.4. The number of nitrogens with one attached hydrogen (secondary N) is 1. The lowest BCUT2D eigenvalue weighted by molar-refractivity contribution is 0.0595. The van der Waals surface area contributed by atoms with Gasteiger partial charge in [0.05, 0.1) is 24.7 Å². The molecule has 0 amide bonds. The molecule has 3 aromatic rings. The van der Waals surface area contributed by atoms with Crippen LogP contribution < -0.4 is 5.32 Å². The summed E-state index contributed by atoms with van der Waals surface area (Å²) in [5.74, 6) is -0.0594. The minimum atomic E-state index is -0.498. The van der Waals surface area contributed by atoms with Gasteiger partial charge in [0.2, 0.25) is 0 Å². The third-order valence-electron chi connectivity index (χ3n) is 2.96. The zero-order chi connectivity index (χ0) is 14.7. The highest BCUT2D eigenvalue weighted by atomic mass is 32.1. The number of ether oxygens (including phenoxy) is 1. The summed E-state index contributed by atoms with van der Waals surface area (Å²) in [6.07, 6.45) is 0. The lowest BCUT2D eigenvalue weighted by atomic mass is 10.3. The van der Waals surface area contributed by atoms with Gasteiger partial charge in [0.25, 0.3) is 0 Å². The van der Waals surface area contributed by atoms with Gasteiger partial charge in [0, 0.05) is 4.88 Å². The summed E-state index contributed by atoms with van der Waals surface area (Å²) in [6.45, 7) is 0.592. The largest absolute Gasteiger partial charge is 0.464 e. The first-order valence-electron chi connectivity index (χ1n) is 6.39. The maximum Gasteiger partial charge on any atom is 0.360 e. The molecular formula is C15H13N3O2S. The van der Waals surface area contributed by atoms with E-state index in [4.69, 9.17) is 4.74 Å². The normalized spacial score (nSPS) is 10.5. The third kappa shape index (κ3) is 2.85. The highest BCUT2D eigenvalue weighted by Crippen LogP contribution is 2.19. The topological polar surface area (TPSA) is 64.1 Å². The zero-order valence-corrected chi connectivity index (χ0v) is 12.2. The second kappa shape index (κ2) is 5.88. The Hall–Kier alpha value is -2.47. The van der Waals surface area contributed by atoms with E-state index in [1.165, 1.54) is 7.11 Å². The number of carbonyl (C=O) groups excluding carboxylic acids is 1. The van der Waals surface area contributed by atoms with E-state index in [1.54, 1.807) is 11.3 Å². The van der Waals surface area contributed by atoms with Gasteiger partial charge in [-0.2, -0.15) is 0 Å². The summed E-state index contributed by atoms with van der Waals surface area (Å²) < 4.78 is 4.78. The van der Waals surface area contributed by atoms with E-state index in [1.807, 2.05) is 41.8 Å². The molecule has 5 nitrogen and oxygen atoms in total. The SMILES string of the molecule is COC(=O)c1nc2ccccc2nc1NCc1cccs1. The molecule has 0 unspecified atom stereocenters. The third-order valence-corrected chi connectivity index (χ3v) is 3.84. The Morgan fingerprint density at radius 3 is 2.62 bits per heavy atom. The number of benzene rings is 1. The predicted octanol–water partition coefficient (Wildman–Crippen LogP) is 3.09. The fraction of sp³-hybridized carbons (Fsp3) is 0.133. The Kier molecular flexibility index (Phi) is 3.79. The first kappa shape index (κ1) is 13.5. The summed E-state index contributed by atoms with van der Waals surface area (Å²) in [7, 11) is 1.34. The summed E-state index contributed by atoms with van der Waals surface area (Å²) in [6, 6.07) is 11.4. The van der Waals surface area contributed by atoms with Crippen LogP contribution in [0.15, 0.2) is 41.8 Å². The van der Waals surface area contributed by atoms with Gasteiger partial charge in [-0.1, -0.05) is 18.2 Å². The fourth-order valence-electron chi connectivity index (χ4n) is 1.95. The Morgan fingerprint density at radius 2 is 1.95 bits per heavy atom. The van der Waals surface area contributed by atoms with E-state index in [-0.39, 0.29) is 5.69 Å². The first-order chi connectivity index (χ1) is 10.3. The van der Waals surface area contributed by atoms with Crippen LogP contribution in [0.4, 0.5) is 5.82 Å². The number of para-hydroxylation sites is 2. The van der Waals surface area contributed by atoms with Gasteiger partial charge in [-0.3, -0.25) is 0 Å². The summed E-state index contributed by atoms with van der Waals surface area (Å²) >= 11 is 1.64. The molecule has 1 aromatic carbocycles. The molecule has 6 heteroatoms. The number of anilines is 1. The van der Waals surface area contributed by atoms with Crippen molar-refractivity contribution in [2.75, 3.05) is 12.4 Å². The van der Waals surface area contributed by atoms with E-state index in [0.29, 0.717) is 17.9 Å². The molecular weight excluding hydrogens is 286 g/mol. The molecule has 0 radical (unpaired) electrons. The minimum absolute atomic E-state index is 0.202. The van der Waals surface area contributed by atoms with Crippen LogP contribution in [0.5, 0.6) is 0 Å². The van der Waals surface area contributed by atoms with Gasteiger partial charge in [-0.05, 0) is 23.6 Å². The van der Waals surface area contributed by atoms with E-state index < -0.39 is 5.97 Å². The van der Waals surface area contributed by atoms with E-state index in [0.717, 1.165) is 10.4 Å². The van der Waals surface area contributed by atoms with Crippen molar-refractivity contribution < 1.29 is 9.53 Å². The Balaban J connectivity index is 1.99. The molecule has 2 heterocycles. The van der Waals surface area contributed by atoms with E-state index >= 15 is 0 Å². The van der Waals surface area contributed by atoms with Crippen LogP contribution >= 0.6 is 11.3 Å². The lowest BCUT2D eigenvalue weighted by Gasteiger charge is -2.09. The molecule has 1 N–H and O–H groups in total. The van der Waals surface area contributed by atoms with E-state index in [2.05, 4.69) is 15.3 Å². The van der Waals surface area contributed by atoms with Crippen molar-refractivity contribution in [2.24, 2.45) is 0 Å². The second-order valence-corrected chi connectivity index (χ2v) is 5.37. The van der Waals surface area contributed by atoms with Crippen molar-refractivity contribution in [3.63, 3.8) is 0 Å². The standard InChI is InChI=1S/C15H13N3O2S/c1-20-15(19)13-14(16-9-10-5-4-8-21-10)18-12-7-3-2-6-11(12)17-13/h2-8H,9H2,1H3,(H,16,18). The second-order valence-electron chi connectivity index (χ2n) is 4.33. The fourth-order valence-corrected chi connectivity index (χ4v) is 2.59. The maximum absolute atomic E-state index is 11.9. The molecule has 0 fully saturated rings. The van der Waals surface area contributed by atoms with Crippen LogP contribution in [0, 0.1) is 0 Å². The maximum atomic E-state index is 11.9. The molecule has 0 atom stereocenters. The monoisotopic (exact) mass is 299 g/mol. The van der Waals surface area contributed by atoms with Gasteiger partial charge in [-0.25, -0.2) is 14.8 Å². The number of fused-ring (bicyclic) bond motifs is 1. The molecule has 3 rings (SSSR count). The van der Waals surface area contributed by atoms with Gasteiger partial charge < -0.3 is 10.1 Å². The van der Waals surface area contributed by atoms with Crippen molar-refractivity contribution in [3.05, 3.63) is 52.3 Å². The van der Waals surface area contributed by atoms with Gasteiger partial charge >= 0.3 is 5.97 Å². The molecule has 2 aromatic heterocycles. The molecule has 0 aliphatic carbocycles. The Labute approximate surface area is 125 Å². The molecule has 21 heavy (non-hydrogen) atoms. The molecule has 0 saturated carbocycles. The number of carbonyl (C=O) groups is 1. The summed E-state index contributed by atoms with van der Waals surface area (Å²) in [5, 5.41) is 5.16. The first-order valence-corrected chi connectivity index (χ1v) is 7.27. The number of hydrogen-bond donors (Lipinski definition) is 1. The minimum Gasteiger partial charge on any atom is -0.464 e. The number of methoxy groups -OCH3 is 1. The number of thiophene rings is 1. The lowest BCUT2D eigenvalue weighted by Crippen LogP contribution is -2.12.